The number of carbonyl (C=O) groups excluding carboxylic acids is 2. The molecule has 0 aliphatic carbocycles. The van der Waals surface area contributed by atoms with E-state index in [0.717, 1.165) is 11.3 Å². The molecule has 4 aromatic rings. The fourth-order valence-electron chi connectivity index (χ4n) is 2.69. The highest BCUT2D eigenvalue weighted by molar-refractivity contribution is 6.05. The minimum Gasteiger partial charge on any atom is -0.459 e. The summed E-state index contributed by atoms with van der Waals surface area (Å²) in [4.78, 5) is 24.5. The number of furan rings is 1. The Kier molecular flexibility index (Phi) is 4.71. The Bertz CT molecular complexity index is 1090. The predicted octanol–water partition coefficient (Wildman–Crippen LogP) is 4.17. The highest BCUT2D eigenvalue weighted by Gasteiger charge is 2.10. The topological polar surface area (TPSA) is 100 Å². The normalized spacial score (nSPS) is 10.4. The molecule has 7 nitrogen and oxygen atoms in total. The van der Waals surface area contributed by atoms with Gasteiger partial charge in [0.05, 0.1) is 12.0 Å². The number of rotatable bonds is 5. The molecule has 2 aromatic carbocycles. The van der Waals surface area contributed by atoms with E-state index in [0.29, 0.717) is 16.9 Å². The van der Waals surface area contributed by atoms with E-state index in [1.54, 1.807) is 42.6 Å². The number of benzene rings is 2. The molecule has 2 heterocycles. The summed E-state index contributed by atoms with van der Waals surface area (Å²) in [6.07, 6.45) is 3.11. The van der Waals surface area contributed by atoms with Gasteiger partial charge in [-0.1, -0.05) is 12.1 Å². The third kappa shape index (κ3) is 3.83. The highest BCUT2D eigenvalue weighted by Crippen LogP contribution is 2.21. The summed E-state index contributed by atoms with van der Waals surface area (Å²) < 4.78 is 5.05. The van der Waals surface area contributed by atoms with Crippen molar-refractivity contribution in [3.63, 3.8) is 0 Å². The molecule has 0 radical (unpaired) electrons. The van der Waals surface area contributed by atoms with Crippen molar-refractivity contribution in [3.05, 3.63) is 90.5 Å². The Balaban J connectivity index is 1.43. The van der Waals surface area contributed by atoms with Crippen LogP contribution in [0.2, 0.25) is 0 Å². The van der Waals surface area contributed by atoms with Crippen molar-refractivity contribution in [1.29, 1.82) is 0 Å². The zero-order chi connectivity index (χ0) is 19.3. The van der Waals surface area contributed by atoms with Gasteiger partial charge in [-0.15, -0.1) is 0 Å². The number of anilines is 2. The molecule has 0 saturated heterocycles. The highest BCUT2D eigenvalue weighted by atomic mass is 16.3. The standard InChI is InChI=1S/C21H16N4O3/c26-20(24-17-4-1-3-15(13-17)18-10-11-22-25-18)14-6-8-16(9-7-14)23-21(27)19-5-2-12-28-19/h1-13H,(H,22,25)(H,23,27)(H,24,26). The lowest BCUT2D eigenvalue weighted by atomic mass is 10.1. The van der Waals surface area contributed by atoms with Crippen LogP contribution in [0.3, 0.4) is 0 Å². The number of carbonyl (C=O) groups is 2. The second kappa shape index (κ2) is 7.63. The fraction of sp³-hybridized carbons (Fsp3) is 0. The first kappa shape index (κ1) is 17.3. The summed E-state index contributed by atoms with van der Waals surface area (Å²) in [5, 5.41) is 12.4. The fourth-order valence-corrected chi connectivity index (χ4v) is 2.69. The second-order valence-electron chi connectivity index (χ2n) is 6.01. The number of aromatic nitrogens is 2. The Morgan fingerprint density at radius 2 is 1.68 bits per heavy atom. The van der Waals surface area contributed by atoms with Gasteiger partial charge in [-0.3, -0.25) is 14.7 Å². The molecule has 0 fully saturated rings. The summed E-state index contributed by atoms with van der Waals surface area (Å²) in [5.74, 6) is -0.373. The van der Waals surface area contributed by atoms with E-state index in [1.807, 2.05) is 30.3 Å². The van der Waals surface area contributed by atoms with Crippen LogP contribution in [-0.4, -0.2) is 22.0 Å². The van der Waals surface area contributed by atoms with Crippen LogP contribution in [0, 0.1) is 0 Å². The third-order valence-corrected chi connectivity index (χ3v) is 4.08. The Hall–Kier alpha value is -4.13. The number of nitrogens with zero attached hydrogens (tertiary/aromatic N) is 1. The van der Waals surface area contributed by atoms with Crippen LogP contribution in [0.25, 0.3) is 11.3 Å². The van der Waals surface area contributed by atoms with Crippen molar-refractivity contribution in [3.8, 4) is 11.3 Å². The maximum Gasteiger partial charge on any atom is 0.291 e. The molecule has 0 unspecified atom stereocenters. The smallest absolute Gasteiger partial charge is 0.291 e. The van der Waals surface area contributed by atoms with Gasteiger partial charge >= 0.3 is 0 Å². The zero-order valence-corrected chi connectivity index (χ0v) is 14.7. The van der Waals surface area contributed by atoms with Gasteiger partial charge in [0, 0.05) is 28.7 Å². The summed E-state index contributed by atoms with van der Waals surface area (Å²) in [6, 6.07) is 19.2. The molecule has 0 aliphatic heterocycles. The van der Waals surface area contributed by atoms with Gasteiger partial charge < -0.3 is 15.1 Å². The van der Waals surface area contributed by atoms with Crippen LogP contribution in [-0.2, 0) is 0 Å². The van der Waals surface area contributed by atoms with Crippen molar-refractivity contribution in [1.82, 2.24) is 10.2 Å². The molecule has 0 saturated carbocycles. The van der Waals surface area contributed by atoms with E-state index in [9.17, 15) is 9.59 Å². The molecule has 2 aromatic heterocycles. The molecule has 0 aliphatic rings. The maximum atomic E-state index is 12.5. The number of nitrogens with one attached hydrogen (secondary N) is 3. The molecule has 2 amide bonds. The van der Waals surface area contributed by atoms with Crippen LogP contribution in [0.1, 0.15) is 20.9 Å². The minimum absolute atomic E-state index is 0.221. The van der Waals surface area contributed by atoms with Crippen LogP contribution < -0.4 is 10.6 Å². The van der Waals surface area contributed by atoms with Gasteiger partial charge in [-0.05, 0) is 54.6 Å². The number of hydrogen-bond acceptors (Lipinski definition) is 4. The van der Waals surface area contributed by atoms with E-state index in [2.05, 4.69) is 20.8 Å². The van der Waals surface area contributed by atoms with Gasteiger partial charge in [-0.25, -0.2) is 0 Å². The number of amides is 2. The monoisotopic (exact) mass is 372 g/mol. The summed E-state index contributed by atoms with van der Waals surface area (Å²) in [6.45, 7) is 0. The second-order valence-corrected chi connectivity index (χ2v) is 6.01. The van der Waals surface area contributed by atoms with Crippen LogP contribution in [0.4, 0.5) is 11.4 Å². The first-order valence-electron chi connectivity index (χ1n) is 8.55. The first-order valence-corrected chi connectivity index (χ1v) is 8.55. The summed E-state index contributed by atoms with van der Waals surface area (Å²) in [7, 11) is 0. The first-order chi connectivity index (χ1) is 13.7. The molecule has 0 bridgehead atoms. The van der Waals surface area contributed by atoms with Crippen molar-refractivity contribution in [2.45, 2.75) is 0 Å². The van der Waals surface area contributed by atoms with Crippen LogP contribution in [0.15, 0.2) is 83.6 Å². The van der Waals surface area contributed by atoms with E-state index >= 15 is 0 Å². The molecular weight excluding hydrogens is 356 g/mol. The van der Waals surface area contributed by atoms with E-state index < -0.39 is 0 Å². The Morgan fingerprint density at radius 3 is 2.39 bits per heavy atom. The molecule has 28 heavy (non-hydrogen) atoms. The minimum atomic E-state index is -0.349. The zero-order valence-electron chi connectivity index (χ0n) is 14.7. The lowest BCUT2D eigenvalue weighted by molar-refractivity contribution is 0.0995. The molecule has 3 N–H and O–H groups in total. The molecular formula is C21H16N4O3. The number of aromatic amines is 1. The molecule has 4 rings (SSSR count). The maximum absolute atomic E-state index is 12.5. The van der Waals surface area contributed by atoms with E-state index in [1.165, 1.54) is 6.26 Å². The predicted molar refractivity (Wildman–Crippen MR) is 105 cm³/mol. The summed E-state index contributed by atoms with van der Waals surface area (Å²) in [5.41, 5.74) is 3.51. The van der Waals surface area contributed by atoms with Gasteiger partial charge in [0.2, 0.25) is 0 Å². The largest absolute Gasteiger partial charge is 0.459 e. The van der Waals surface area contributed by atoms with Crippen LogP contribution >= 0.6 is 0 Å². The van der Waals surface area contributed by atoms with Gasteiger partial charge in [0.25, 0.3) is 11.8 Å². The van der Waals surface area contributed by atoms with Gasteiger partial charge in [0.15, 0.2) is 5.76 Å². The quantitative estimate of drug-likeness (QED) is 0.489. The number of hydrogen-bond donors (Lipinski definition) is 3. The Labute approximate surface area is 160 Å². The van der Waals surface area contributed by atoms with Crippen molar-refractivity contribution >= 4 is 23.2 Å². The SMILES string of the molecule is O=C(Nc1cccc(-c2ccn[nH]2)c1)c1ccc(NC(=O)c2ccco2)cc1. The molecule has 7 heteroatoms. The Morgan fingerprint density at radius 1 is 0.857 bits per heavy atom. The van der Waals surface area contributed by atoms with Gasteiger partial charge in [0.1, 0.15) is 0 Å². The van der Waals surface area contributed by atoms with Crippen molar-refractivity contribution in [2.75, 3.05) is 10.6 Å². The van der Waals surface area contributed by atoms with Crippen LogP contribution in [0.5, 0.6) is 0 Å². The third-order valence-electron chi connectivity index (χ3n) is 4.08. The molecule has 138 valence electrons. The van der Waals surface area contributed by atoms with E-state index in [4.69, 9.17) is 4.42 Å². The molecule has 0 spiro atoms. The number of H-pyrrole nitrogens is 1. The van der Waals surface area contributed by atoms with Crippen molar-refractivity contribution in [2.24, 2.45) is 0 Å². The average Bonchev–Trinajstić information content (AvgIpc) is 3.43. The lowest BCUT2D eigenvalue weighted by Crippen LogP contribution is -2.13. The molecule has 0 atom stereocenters. The van der Waals surface area contributed by atoms with Gasteiger partial charge in [-0.2, -0.15) is 5.10 Å². The van der Waals surface area contributed by atoms with E-state index in [-0.39, 0.29) is 17.6 Å². The summed E-state index contributed by atoms with van der Waals surface area (Å²) >= 11 is 0. The average molecular weight is 372 g/mol. The lowest BCUT2D eigenvalue weighted by Gasteiger charge is -2.08. The van der Waals surface area contributed by atoms with Crippen molar-refractivity contribution < 1.29 is 14.0 Å².